The molecule has 1 saturated carbocycles. The second-order valence-electron chi connectivity index (χ2n) is 6.27. The summed E-state index contributed by atoms with van der Waals surface area (Å²) < 4.78 is 7.49. The predicted octanol–water partition coefficient (Wildman–Crippen LogP) is 3.27. The molecule has 0 bridgehead atoms. The van der Waals surface area contributed by atoms with Gasteiger partial charge in [0, 0.05) is 36.1 Å². The molecule has 1 aromatic carbocycles. The summed E-state index contributed by atoms with van der Waals surface area (Å²) in [6, 6.07) is 8.61. The molecule has 1 amide bonds. The highest BCUT2D eigenvalue weighted by Gasteiger charge is 2.18. The van der Waals surface area contributed by atoms with Crippen molar-refractivity contribution in [2.75, 3.05) is 5.32 Å². The number of ether oxygens (including phenoxy) is 1. The summed E-state index contributed by atoms with van der Waals surface area (Å²) in [4.78, 5) is 24.1. The van der Waals surface area contributed by atoms with Gasteiger partial charge in [-0.25, -0.2) is 0 Å². The number of aryl methyl sites for hydroxylation is 1. The highest BCUT2D eigenvalue weighted by atomic mass is 16.5. The van der Waals surface area contributed by atoms with Crippen LogP contribution in [0.25, 0.3) is 0 Å². The molecule has 0 spiro atoms. The molecule has 5 heteroatoms. The largest absolute Gasteiger partial charge is 0.490 e. The molecule has 1 heterocycles. The number of pyridine rings is 1. The van der Waals surface area contributed by atoms with Crippen LogP contribution in [0.5, 0.6) is 5.75 Å². The van der Waals surface area contributed by atoms with Gasteiger partial charge in [0.25, 0.3) is 11.5 Å². The fourth-order valence-corrected chi connectivity index (χ4v) is 2.95. The van der Waals surface area contributed by atoms with E-state index in [9.17, 15) is 9.59 Å². The van der Waals surface area contributed by atoms with Crippen molar-refractivity contribution in [1.29, 1.82) is 0 Å². The van der Waals surface area contributed by atoms with E-state index in [1.54, 1.807) is 19.3 Å². The summed E-state index contributed by atoms with van der Waals surface area (Å²) in [5, 5.41) is 2.87. The fraction of sp³-hybridized carbons (Fsp3) is 0.368. The Bertz CT molecular complexity index is 804. The highest BCUT2D eigenvalue weighted by molar-refractivity contribution is 6.04. The second-order valence-corrected chi connectivity index (χ2v) is 6.27. The summed E-state index contributed by atoms with van der Waals surface area (Å²) in [6.07, 6.45) is 6.45. The average molecular weight is 326 g/mol. The lowest BCUT2D eigenvalue weighted by atomic mass is 10.1. The summed E-state index contributed by atoms with van der Waals surface area (Å²) in [7, 11) is 1.65. The van der Waals surface area contributed by atoms with Crippen LogP contribution in [0.3, 0.4) is 0 Å². The first-order chi connectivity index (χ1) is 11.5. The smallest absolute Gasteiger partial charge is 0.255 e. The van der Waals surface area contributed by atoms with Gasteiger partial charge in [-0.05, 0) is 50.8 Å². The molecule has 0 radical (unpaired) electrons. The molecule has 2 aromatic rings. The van der Waals surface area contributed by atoms with Gasteiger partial charge in [0.15, 0.2) is 0 Å². The van der Waals surface area contributed by atoms with Crippen molar-refractivity contribution in [3.8, 4) is 5.75 Å². The number of rotatable bonds is 4. The Morgan fingerprint density at radius 2 is 2.00 bits per heavy atom. The molecule has 0 saturated heterocycles. The minimum absolute atomic E-state index is 0.210. The SMILES string of the molecule is Cc1c(NC(=O)c2ccn(C)c(=O)c2)cccc1OC1CCCC1. The molecule has 1 N–H and O–H groups in total. The van der Waals surface area contributed by atoms with Crippen molar-refractivity contribution in [2.24, 2.45) is 7.05 Å². The zero-order chi connectivity index (χ0) is 17.1. The molecule has 126 valence electrons. The Hall–Kier alpha value is -2.56. The van der Waals surface area contributed by atoms with Crippen LogP contribution in [0, 0.1) is 6.92 Å². The molecular formula is C19H22N2O3. The first-order valence-corrected chi connectivity index (χ1v) is 8.29. The van der Waals surface area contributed by atoms with Gasteiger partial charge in [0.1, 0.15) is 5.75 Å². The van der Waals surface area contributed by atoms with Crippen molar-refractivity contribution in [3.63, 3.8) is 0 Å². The van der Waals surface area contributed by atoms with Gasteiger partial charge in [-0.1, -0.05) is 6.07 Å². The molecule has 1 aromatic heterocycles. The van der Waals surface area contributed by atoms with E-state index in [1.165, 1.54) is 23.5 Å². The molecule has 0 aliphatic heterocycles. The maximum absolute atomic E-state index is 12.4. The van der Waals surface area contributed by atoms with Crippen molar-refractivity contribution in [1.82, 2.24) is 4.57 Å². The molecule has 1 fully saturated rings. The number of nitrogens with one attached hydrogen (secondary N) is 1. The predicted molar refractivity (Wildman–Crippen MR) is 93.7 cm³/mol. The number of amides is 1. The van der Waals surface area contributed by atoms with Crippen LogP contribution >= 0.6 is 0 Å². The van der Waals surface area contributed by atoms with E-state index in [4.69, 9.17) is 4.74 Å². The van der Waals surface area contributed by atoms with Crippen LogP contribution in [-0.4, -0.2) is 16.6 Å². The highest BCUT2D eigenvalue weighted by Crippen LogP contribution is 2.30. The normalized spacial score (nSPS) is 14.6. The topological polar surface area (TPSA) is 60.3 Å². The number of carbonyl (C=O) groups excluding carboxylic acids is 1. The lowest BCUT2D eigenvalue weighted by Gasteiger charge is -2.17. The monoisotopic (exact) mass is 326 g/mol. The van der Waals surface area contributed by atoms with Crippen LogP contribution in [-0.2, 0) is 7.05 Å². The Labute approximate surface area is 141 Å². The fourth-order valence-electron chi connectivity index (χ4n) is 2.95. The molecular weight excluding hydrogens is 304 g/mol. The molecule has 5 nitrogen and oxygen atoms in total. The van der Waals surface area contributed by atoms with Gasteiger partial charge in [-0.15, -0.1) is 0 Å². The van der Waals surface area contributed by atoms with E-state index in [-0.39, 0.29) is 17.6 Å². The molecule has 1 aliphatic rings. The first-order valence-electron chi connectivity index (χ1n) is 8.29. The van der Waals surface area contributed by atoms with Gasteiger partial charge in [0.05, 0.1) is 6.10 Å². The second kappa shape index (κ2) is 6.91. The van der Waals surface area contributed by atoms with E-state index in [0.717, 1.165) is 24.2 Å². The summed E-state index contributed by atoms with van der Waals surface area (Å²) >= 11 is 0. The minimum atomic E-state index is -0.297. The summed E-state index contributed by atoms with van der Waals surface area (Å²) in [5.41, 5.74) is 1.75. The number of hydrogen-bond acceptors (Lipinski definition) is 3. The quantitative estimate of drug-likeness (QED) is 0.938. The number of anilines is 1. The Morgan fingerprint density at radius 3 is 2.71 bits per heavy atom. The van der Waals surface area contributed by atoms with Gasteiger partial charge in [-0.2, -0.15) is 0 Å². The van der Waals surface area contributed by atoms with E-state index in [1.807, 2.05) is 25.1 Å². The van der Waals surface area contributed by atoms with Crippen LogP contribution in [0.1, 0.15) is 41.6 Å². The van der Waals surface area contributed by atoms with Crippen LogP contribution in [0.15, 0.2) is 41.3 Å². The maximum atomic E-state index is 12.4. The lowest BCUT2D eigenvalue weighted by molar-refractivity contribution is 0.102. The number of benzene rings is 1. The van der Waals surface area contributed by atoms with E-state index >= 15 is 0 Å². The molecule has 24 heavy (non-hydrogen) atoms. The Morgan fingerprint density at radius 1 is 1.25 bits per heavy atom. The molecule has 1 aliphatic carbocycles. The minimum Gasteiger partial charge on any atom is -0.490 e. The standard InChI is InChI=1S/C19H22N2O3/c1-13-16(8-5-9-17(13)24-15-6-3-4-7-15)20-19(23)14-10-11-21(2)18(22)12-14/h5,8-12,15H,3-4,6-7H2,1-2H3,(H,20,23). The zero-order valence-electron chi connectivity index (χ0n) is 14.0. The molecule has 0 atom stereocenters. The summed E-state index contributed by atoms with van der Waals surface area (Å²) in [6.45, 7) is 1.93. The first kappa shape index (κ1) is 16.3. The number of nitrogens with zero attached hydrogens (tertiary/aromatic N) is 1. The zero-order valence-corrected chi connectivity index (χ0v) is 14.0. The van der Waals surface area contributed by atoms with Gasteiger partial charge in [0.2, 0.25) is 0 Å². The van der Waals surface area contributed by atoms with E-state index in [2.05, 4.69) is 5.32 Å². The average Bonchev–Trinajstić information content (AvgIpc) is 3.07. The maximum Gasteiger partial charge on any atom is 0.255 e. The molecule has 3 rings (SSSR count). The third-order valence-electron chi connectivity index (χ3n) is 4.49. The van der Waals surface area contributed by atoms with Gasteiger partial charge < -0.3 is 14.6 Å². The molecule has 0 unspecified atom stereocenters. The van der Waals surface area contributed by atoms with Crippen molar-refractivity contribution in [3.05, 3.63) is 58.0 Å². The van der Waals surface area contributed by atoms with Crippen molar-refractivity contribution >= 4 is 11.6 Å². The third kappa shape index (κ3) is 3.50. The lowest BCUT2D eigenvalue weighted by Crippen LogP contribution is -2.20. The summed E-state index contributed by atoms with van der Waals surface area (Å²) in [5.74, 6) is 0.512. The Kier molecular flexibility index (Phi) is 4.69. The number of aromatic nitrogens is 1. The Balaban J connectivity index is 1.77. The third-order valence-corrected chi connectivity index (χ3v) is 4.49. The van der Waals surface area contributed by atoms with Crippen LogP contribution < -0.4 is 15.6 Å². The van der Waals surface area contributed by atoms with Crippen molar-refractivity contribution < 1.29 is 9.53 Å². The van der Waals surface area contributed by atoms with E-state index in [0.29, 0.717) is 11.3 Å². The van der Waals surface area contributed by atoms with E-state index < -0.39 is 0 Å². The van der Waals surface area contributed by atoms with Crippen molar-refractivity contribution in [2.45, 2.75) is 38.7 Å². The van der Waals surface area contributed by atoms with Gasteiger partial charge in [-0.3, -0.25) is 9.59 Å². The van der Waals surface area contributed by atoms with Crippen LogP contribution in [0.2, 0.25) is 0 Å². The number of hydrogen-bond donors (Lipinski definition) is 1. The number of carbonyl (C=O) groups is 1. The van der Waals surface area contributed by atoms with Crippen LogP contribution in [0.4, 0.5) is 5.69 Å². The van der Waals surface area contributed by atoms with Gasteiger partial charge >= 0.3 is 0 Å².